The van der Waals surface area contributed by atoms with E-state index < -0.39 is 35.2 Å². The summed E-state index contributed by atoms with van der Waals surface area (Å²) in [6.07, 6.45) is -1.13. The quantitative estimate of drug-likeness (QED) is 0.664. The first-order valence-electron chi connectivity index (χ1n) is 7.80. The van der Waals surface area contributed by atoms with Gasteiger partial charge in [-0.25, -0.2) is 8.78 Å². The van der Waals surface area contributed by atoms with E-state index in [1.54, 1.807) is 12.1 Å². The third-order valence-corrected chi connectivity index (χ3v) is 3.63. The summed E-state index contributed by atoms with van der Waals surface area (Å²) in [5, 5.41) is 14.3. The summed E-state index contributed by atoms with van der Waals surface area (Å²) in [4.78, 5) is 23.6. The summed E-state index contributed by atoms with van der Waals surface area (Å²) < 4.78 is 36.8. The molecular weight excluding hydrogens is 362 g/mol. The molecule has 1 atom stereocenters. The minimum absolute atomic E-state index is 0.284. The smallest absolute Gasteiger partial charge is 0.313 e. The average Bonchev–Trinajstić information content (AvgIpc) is 2.67. The van der Waals surface area contributed by atoms with Crippen molar-refractivity contribution in [1.82, 2.24) is 5.32 Å². The lowest BCUT2D eigenvalue weighted by atomic mass is 10.1. The molecule has 1 unspecified atom stereocenters. The summed E-state index contributed by atoms with van der Waals surface area (Å²) in [5.41, 5.74) is -0.0416. The first kappa shape index (κ1) is 20.1. The van der Waals surface area contributed by atoms with E-state index in [1.807, 2.05) is 5.32 Å². The molecule has 2 aromatic carbocycles. The number of ether oxygens (including phenoxy) is 2. The van der Waals surface area contributed by atoms with E-state index >= 15 is 0 Å². The molecule has 0 saturated heterocycles. The topological polar surface area (TPSA) is 96.9 Å². The summed E-state index contributed by atoms with van der Waals surface area (Å²) in [6, 6.07) is 7.13. The molecule has 3 N–H and O–H groups in total. The van der Waals surface area contributed by atoms with Gasteiger partial charge in [-0.15, -0.1) is 0 Å². The van der Waals surface area contributed by atoms with Crippen molar-refractivity contribution in [2.75, 3.05) is 26.1 Å². The Morgan fingerprint density at radius 3 is 2.41 bits per heavy atom. The van der Waals surface area contributed by atoms with Crippen LogP contribution in [-0.4, -0.2) is 37.7 Å². The lowest BCUT2D eigenvalue weighted by Crippen LogP contribution is -2.37. The van der Waals surface area contributed by atoms with Crippen LogP contribution < -0.4 is 20.1 Å². The predicted octanol–water partition coefficient (Wildman–Crippen LogP) is 1.77. The lowest BCUT2D eigenvalue weighted by Gasteiger charge is -2.15. The number of carbonyl (C=O) groups excluding carboxylic acids is 2. The van der Waals surface area contributed by atoms with Gasteiger partial charge < -0.3 is 25.2 Å². The van der Waals surface area contributed by atoms with E-state index in [1.165, 1.54) is 20.3 Å². The second-order valence-corrected chi connectivity index (χ2v) is 5.42. The van der Waals surface area contributed by atoms with Gasteiger partial charge in [-0.05, 0) is 29.8 Å². The molecule has 0 saturated carbocycles. The van der Waals surface area contributed by atoms with Gasteiger partial charge in [0, 0.05) is 12.6 Å². The van der Waals surface area contributed by atoms with Crippen LogP contribution in [0.2, 0.25) is 0 Å². The first-order valence-corrected chi connectivity index (χ1v) is 7.80. The number of nitrogens with one attached hydrogen (secondary N) is 2. The number of rotatable bonds is 6. The second kappa shape index (κ2) is 8.95. The molecule has 0 spiro atoms. The second-order valence-electron chi connectivity index (χ2n) is 5.42. The molecule has 0 aromatic heterocycles. The Morgan fingerprint density at radius 1 is 1.04 bits per heavy atom. The Bertz CT molecular complexity index is 844. The number of hydrogen-bond donors (Lipinski definition) is 3. The molecule has 144 valence electrons. The van der Waals surface area contributed by atoms with Crippen LogP contribution in [0.5, 0.6) is 11.5 Å². The van der Waals surface area contributed by atoms with Crippen LogP contribution in [0.3, 0.4) is 0 Å². The van der Waals surface area contributed by atoms with E-state index in [0.717, 1.165) is 18.2 Å². The zero-order valence-electron chi connectivity index (χ0n) is 14.6. The number of methoxy groups -OCH3 is 2. The minimum Gasteiger partial charge on any atom is -0.493 e. The van der Waals surface area contributed by atoms with Crippen LogP contribution in [0.25, 0.3) is 0 Å². The number of carbonyl (C=O) groups is 2. The monoisotopic (exact) mass is 380 g/mol. The maximum absolute atomic E-state index is 13.5. The summed E-state index contributed by atoms with van der Waals surface area (Å²) >= 11 is 0. The molecular formula is C18H18F2N2O5. The summed E-state index contributed by atoms with van der Waals surface area (Å²) in [6.45, 7) is -0.284. The molecule has 2 amide bonds. The fourth-order valence-corrected chi connectivity index (χ4v) is 2.22. The van der Waals surface area contributed by atoms with Gasteiger partial charge >= 0.3 is 11.8 Å². The van der Waals surface area contributed by atoms with E-state index in [4.69, 9.17) is 9.47 Å². The molecule has 0 aliphatic rings. The van der Waals surface area contributed by atoms with Gasteiger partial charge in [0.05, 0.1) is 26.0 Å². The molecule has 27 heavy (non-hydrogen) atoms. The molecule has 0 fully saturated rings. The number of aliphatic hydroxyl groups is 1. The number of amides is 2. The van der Waals surface area contributed by atoms with Gasteiger partial charge in [0.2, 0.25) is 0 Å². The SMILES string of the molecule is COc1ccc(C(O)CNC(=O)C(=O)Nc2cc(F)ccc2F)cc1OC. The molecule has 0 aliphatic heterocycles. The first-order chi connectivity index (χ1) is 12.8. The standard InChI is InChI=1S/C18H18F2N2O5/c1-26-15-6-3-10(7-16(15)27-2)14(23)9-21-17(24)18(25)22-13-8-11(19)4-5-12(13)20/h3-8,14,23H,9H2,1-2H3,(H,21,24)(H,22,25). The number of aliphatic hydroxyl groups excluding tert-OH is 1. The van der Waals surface area contributed by atoms with Crippen molar-refractivity contribution in [3.63, 3.8) is 0 Å². The Kier molecular flexibility index (Phi) is 6.67. The highest BCUT2D eigenvalue weighted by Crippen LogP contribution is 2.29. The van der Waals surface area contributed by atoms with Crippen molar-refractivity contribution in [1.29, 1.82) is 0 Å². The highest BCUT2D eigenvalue weighted by molar-refractivity contribution is 6.39. The van der Waals surface area contributed by atoms with Crippen molar-refractivity contribution in [2.24, 2.45) is 0 Å². The van der Waals surface area contributed by atoms with Crippen LogP contribution in [0.15, 0.2) is 36.4 Å². The Morgan fingerprint density at radius 2 is 1.74 bits per heavy atom. The number of halogens is 2. The molecule has 2 aromatic rings. The van der Waals surface area contributed by atoms with Crippen molar-refractivity contribution in [3.8, 4) is 11.5 Å². The lowest BCUT2D eigenvalue weighted by molar-refractivity contribution is -0.136. The zero-order valence-corrected chi connectivity index (χ0v) is 14.6. The van der Waals surface area contributed by atoms with E-state index in [-0.39, 0.29) is 6.54 Å². The normalized spacial score (nSPS) is 11.4. The molecule has 7 nitrogen and oxygen atoms in total. The van der Waals surface area contributed by atoms with Crippen molar-refractivity contribution in [2.45, 2.75) is 6.10 Å². The maximum Gasteiger partial charge on any atom is 0.313 e. The number of anilines is 1. The van der Waals surface area contributed by atoms with Gasteiger partial charge in [-0.1, -0.05) is 6.07 Å². The summed E-state index contributed by atoms with van der Waals surface area (Å²) in [7, 11) is 2.90. The van der Waals surface area contributed by atoms with E-state index in [9.17, 15) is 23.5 Å². The fourth-order valence-electron chi connectivity index (χ4n) is 2.22. The van der Waals surface area contributed by atoms with Crippen LogP contribution in [0.1, 0.15) is 11.7 Å². The van der Waals surface area contributed by atoms with Crippen molar-refractivity contribution < 1.29 is 33.0 Å². The van der Waals surface area contributed by atoms with Gasteiger partial charge in [-0.3, -0.25) is 9.59 Å². The van der Waals surface area contributed by atoms with Gasteiger partial charge in [-0.2, -0.15) is 0 Å². The molecule has 9 heteroatoms. The van der Waals surface area contributed by atoms with Crippen LogP contribution >= 0.6 is 0 Å². The number of hydrogen-bond acceptors (Lipinski definition) is 5. The number of benzene rings is 2. The van der Waals surface area contributed by atoms with Crippen LogP contribution in [-0.2, 0) is 9.59 Å². The van der Waals surface area contributed by atoms with Gasteiger partial charge in [0.15, 0.2) is 11.5 Å². The highest BCUT2D eigenvalue weighted by atomic mass is 19.1. The predicted molar refractivity (Wildman–Crippen MR) is 92.5 cm³/mol. The molecule has 0 heterocycles. The minimum atomic E-state index is -1.20. The highest BCUT2D eigenvalue weighted by Gasteiger charge is 2.18. The van der Waals surface area contributed by atoms with E-state index in [2.05, 4.69) is 5.32 Å². The molecule has 0 bridgehead atoms. The Hall–Kier alpha value is -3.20. The molecule has 0 aliphatic carbocycles. The van der Waals surface area contributed by atoms with Gasteiger partial charge in [0.25, 0.3) is 0 Å². The van der Waals surface area contributed by atoms with Crippen molar-refractivity contribution in [3.05, 3.63) is 53.6 Å². The molecule has 2 rings (SSSR count). The van der Waals surface area contributed by atoms with Crippen LogP contribution in [0.4, 0.5) is 14.5 Å². The average molecular weight is 380 g/mol. The zero-order chi connectivity index (χ0) is 20.0. The van der Waals surface area contributed by atoms with E-state index in [0.29, 0.717) is 17.1 Å². The largest absolute Gasteiger partial charge is 0.493 e. The third kappa shape index (κ3) is 5.14. The Labute approximate surface area is 153 Å². The van der Waals surface area contributed by atoms with Crippen LogP contribution in [0, 0.1) is 11.6 Å². The maximum atomic E-state index is 13.5. The fraction of sp³-hybridized carbons (Fsp3) is 0.222. The summed E-state index contributed by atoms with van der Waals surface area (Å²) in [5.74, 6) is -3.11. The van der Waals surface area contributed by atoms with Gasteiger partial charge in [0.1, 0.15) is 11.6 Å². The third-order valence-electron chi connectivity index (χ3n) is 3.63. The molecule has 0 radical (unpaired) electrons. The van der Waals surface area contributed by atoms with Crippen molar-refractivity contribution >= 4 is 17.5 Å². The Balaban J connectivity index is 1.96.